The highest BCUT2D eigenvalue weighted by Crippen LogP contribution is 2.40. The molecular weight excluding hydrogens is 222 g/mol. The molecule has 0 bridgehead atoms. The van der Waals surface area contributed by atoms with Crippen molar-refractivity contribution >= 4 is 11.8 Å². The maximum Gasteiger partial charge on any atom is 0.0795 e. The van der Waals surface area contributed by atoms with Gasteiger partial charge < -0.3 is 9.84 Å². The van der Waals surface area contributed by atoms with Crippen molar-refractivity contribution < 1.29 is 9.84 Å². The van der Waals surface area contributed by atoms with Crippen LogP contribution in [0, 0.1) is 5.92 Å². The van der Waals surface area contributed by atoms with Gasteiger partial charge in [0.2, 0.25) is 0 Å². The Kier molecular flexibility index (Phi) is 3.17. The first-order valence-electron chi connectivity index (χ1n) is 6.38. The second kappa shape index (κ2) is 4.48. The molecule has 0 aromatic carbocycles. The van der Waals surface area contributed by atoms with Gasteiger partial charge in [0, 0.05) is 44.0 Å². The molecule has 4 heteroatoms. The standard InChI is InChI=1S/C12H21NO2S/c14-8-10-6-13(7-10)11-1-3-15-12(5-11)2-4-16-9-12/h10-11,14H,1-9H2. The van der Waals surface area contributed by atoms with Gasteiger partial charge in [0.05, 0.1) is 5.60 Å². The van der Waals surface area contributed by atoms with Gasteiger partial charge in [-0.15, -0.1) is 0 Å². The summed E-state index contributed by atoms with van der Waals surface area (Å²) < 4.78 is 6.03. The van der Waals surface area contributed by atoms with Crippen LogP contribution in [-0.4, -0.2) is 59.5 Å². The molecule has 92 valence electrons. The van der Waals surface area contributed by atoms with Gasteiger partial charge in [0.25, 0.3) is 0 Å². The predicted molar refractivity (Wildman–Crippen MR) is 65.8 cm³/mol. The lowest BCUT2D eigenvalue weighted by atomic mass is 9.86. The first-order valence-corrected chi connectivity index (χ1v) is 7.53. The Balaban J connectivity index is 1.56. The number of likely N-dealkylation sites (tertiary alicyclic amines) is 1. The minimum absolute atomic E-state index is 0.206. The van der Waals surface area contributed by atoms with Crippen LogP contribution in [0.4, 0.5) is 0 Å². The van der Waals surface area contributed by atoms with E-state index in [2.05, 4.69) is 4.90 Å². The van der Waals surface area contributed by atoms with E-state index in [9.17, 15) is 0 Å². The third kappa shape index (κ3) is 2.01. The Morgan fingerprint density at radius 3 is 3.00 bits per heavy atom. The second-order valence-corrected chi connectivity index (χ2v) is 6.59. The lowest BCUT2D eigenvalue weighted by Gasteiger charge is -2.49. The molecule has 1 spiro atoms. The average molecular weight is 243 g/mol. The molecule has 3 nitrogen and oxygen atoms in total. The topological polar surface area (TPSA) is 32.7 Å². The average Bonchev–Trinajstić information content (AvgIpc) is 2.65. The SMILES string of the molecule is OCC1CN(C2CCOC3(CCSC3)C2)C1. The summed E-state index contributed by atoms with van der Waals surface area (Å²) in [6, 6.07) is 0.718. The van der Waals surface area contributed by atoms with Crippen molar-refractivity contribution in [2.45, 2.75) is 30.9 Å². The fourth-order valence-electron chi connectivity index (χ4n) is 3.20. The number of hydrogen-bond acceptors (Lipinski definition) is 4. The highest BCUT2D eigenvalue weighted by atomic mass is 32.2. The smallest absolute Gasteiger partial charge is 0.0795 e. The van der Waals surface area contributed by atoms with E-state index < -0.39 is 0 Å². The summed E-state index contributed by atoms with van der Waals surface area (Å²) in [6.45, 7) is 3.50. The fraction of sp³-hybridized carbons (Fsp3) is 1.00. The minimum atomic E-state index is 0.206. The van der Waals surface area contributed by atoms with E-state index in [4.69, 9.17) is 9.84 Å². The molecule has 0 aromatic rings. The third-order valence-corrected chi connectivity index (χ3v) is 5.52. The van der Waals surface area contributed by atoms with Crippen LogP contribution in [0.25, 0.3) is 0 Å². The molecule has 3 aliphatic heterocycles. The maximum atomic E-state index is 9.05. The lowest BCUT2D eigenvalue weighted by molar-refractivity contribution is -0.108. The number of aliphatic hydroxyl groups is 1. The Morgan fingerprint density at radius 2 is 2.31 bits per heavy atom. The van der Waals surface area contributed by atoms with Crippen LogP contribution in [0.3, 0.4) is 0 Å². The molecule has 0 saturated carbocycles. The van der Waals surface area contributed by atoms with E-state index in [0.717, 1.165) is 25.7 Å². The van der Waals surface area contributed by atoms with Gasteiger partial charge in [-0.25, -0.2) is 0 Å². The Morgan fingerprint density at radius 1 is 1.44 bits per heavy atom. The zero-order chi connectivity index (χ0) is 11.0. The molecule has 0 aliphatic carbocycles. The van der Waals surface area contributed by atoms with Gasteiger partial charge in [0.15, 0.2) is 0 Å². The summed E-state index contributed by atoms with van der Waals surface area (Å²) in [6.07, 6.45) is 3.65. The molecule has 16 heavy (non-hydrogen) atoms. The largest absolute Gasteiger partial charge is 0.396 e. The number of rotatable bonds is 2. The first kappa shape index (κ1) is 11.3. The van der Waals surface area contributed by atoms with Crippen LogP contribution in [0.5, 0.6) is 0 Å². The summed E-state index contributed by atoms with van der Waals surface area (Å²) in [5.41, 5.74) is 0.206. The molecule has 0 aromatic heterocycles. The fourth-order valence-corrected chi connectivity index (χ4v) is 4.58. The van der Waals surface area contributed by atoms with Crippen LogP contribution in [0.15, 0.2) is 0 Å². The zero-order valence-electron chi connectivity index (χ0n) is 9.73. The van der Waals surface area contributed by atoms with Gasteiger partial charge in [-0.3, -0.25) is 4.90 Å². The van der Waals surface area contributed by atoms with Crippen molar-refractivity contribution in [3.05, 3.63) is 0 Å². The molecule has 3 fully saturated rings. The summed E-state index contributed by atoms with van der Waals surface area (Å²) in [5, 5.41) is 9.05. The molecule has 3 aliphatic rings. The van der Waals surface area contributed by atoms with Crippen molar-refractivity contribution in [3.8, 4) is 0 Å². The molecule has 3 saturated heterocycles. The molecule has 3 heterocycles. The van der Waals surface area contributed by atoms with Gasteiger partial charge >= 0.3 is 0 Å². The lowest BCUT2D eigenvalue weighted by Crippen LogP contribution is -2.57. The quantitative estimate of drug-likeness (QED) is 0.783. The van der Waals surface area contributed by atoms with Crippen molar-refractivity contribution in [1.29, 1.82) is 0 Å². The van der Waals surface area contributed by atoms with Crippen molar-refractivity contribution in [3.63, 3.8) is 0 Å². The Hall–Kier alpha value is 0.230. The van der Waals surface area contributed by atoms with Gasteiger partial charge in [0.1, 0.15) is 0 Å². The van der Waals surface area contributed by atoms with E-state index in [0.29, 0.717) is 12.5 Å². The molecule has 0 radical (unpaired) electrons. The first-order chi connectivity index (χ1) is 7.81. The summed E-state index contributed by atoms with van der Waals surface area (Å²) in [5.74, 6) is 3.00. The van der Waals surface area contributed by atoms with Gasteiger partial charge in [-0.05, 0) is 25.0 Å². The molecular formula is C12H21NO2S. The van der Waals surface area contributed by atoms with E-state index in [1.165, 1.54) is 30.8 Å². The van der Waals surface area contributed by atoms with Crippen LogP contribution in [0.1, 0.15) is 19.3 Å². The van der Waals surface area contributed by atoms with Crippen LogP contribution in [0.2, 0.25) is 0 Å². The van der Waals surface area contributed by atoms with Crippen LogP contribution < -0.4 is 0 Å². The van der Waals surface area contributed by atoms with Gasteiger partial charge in [-0.2, -0.15) is 11.8 Å². The Bertz CT molecular complexity index is 249. The van der Waals surface area contributed by atoms with Gasteiger partial charge in [-0.1, -0.05) is 0 Å². The van der Waals surface area contributed by atoms with Crippen molar-refractivity contribution in [2.75, 3.05) is 37.8 Å². The van der Waals surface area contributed by atoms with E-state index >= 15 is 0 Å². The molecule has 2 atom stereocenters. The molecule has 0 amide bonds. The van der Waals surface area contributed by atoms with Crippen LogP contribution >= 0.6 is 11.8 Å². The molecule has 1 N–H and O–H groups in total. The van der Waals surface area contributed by atoms with E-state index in [1.54, 1.807) is 0 Å². The van der Waals surface area contributed by atoms with Crippen LogP contribution in [-0.2, 0) is 4.74 Å². The molecule has 3 rings (SSSR count). The summed E-state index contributed by atoms with van der Waals surface area (Å²) in [7, 11) is 0. The number of thioether (sulfide) groups is 1. The minimum Gasteiger partial charge on any atom is -0.396 e. The monoisotopic (exact) mass is 243 g/mol. The summed E-state index contributed by atoms with van der Waals surface area (Å²) in [4.78, 5) is 2.55. The highest BCUT2D eigenvalue weighted by molar-refractivity contribution is 7.99. The number of aliphatic hydroxyl groups excluding tert-OH is 1. The number of nitrogens with zero attached hydrogens (tertiary/aromatic N) is 1. The van der Waals surface area contributed by atoms with Crippen molar-refractivity contribution in [1.82, 2.24) is 4.90 Å². The number of hydrogen-bond donors (Lipinski definition) is 1. The third-order valence-electron chi connectivity index (χ3n) is 4.29. The predicted octanol–water partition coefficient (Wildman–Crippen LogP) is 0.965. The second-order valence-electron chi connectivity index (χ2n) is 5.48. The molecule has 2 unspecified atom stereocenters. The Labute approximate surface area is 102 Å². The summed E-state index contributed by atoms with van der Waals surface area (Å²) >= 11 is 2.04. The zero-order valence-corrected chi connectivity index (χ0v) is 10.5. The van der Waals surface area contributed by atoms with E-state index in [-0.39, 0.29) is 5.60 Å². The number of ether oxygens (including phenoxy) is 1. The highest BCUT2D eigenvalue weighted by Gasteiger charge is 2.44. The maximum absolute atomic E-state index is 9.05. The normalized spacial score (nSPS) is 41.4. The van der Waals surface area contributed by atoms with E-state index in [1.807, 2.05) is 11.8 Å². The van der Waals surface area contributed by atoms with Crippen molar-refractivity contribution in [2.24, 2.45) is 5.92 Å².